The van der Waals surface area contributed by atoms with Crippen LogP contribution in [0.2, 0.25) is 0 Å². The van der Waals surface area contributed by atoms with Gasteiger partial charge in [0.15, 0.2) is 0 Å². The van der Waals surface area contributed by atoms with Gasteiger partial charge in [0.25, 0.3) is 0 Å². The van der Waals surface area contributed by atoms with E-state index >= 15 is 0 Å². The fourth-order valence-electron chi connectivity index (χ4n) is 1.80. The second kappa shape index (κ2) is 7.13. The van der Waals surface area contributed by atoms with Gasteiger partial charge in [-0.3, -0.25) is 4.90 Å². The predicted molar refractivity (Wildman–Crippen MR) is 72.4 cm³/mol. The van der Waals surface area contributed by atoms with Crippen molar-refractivity contribution in [1.82, 2.24) is 10.2 Å². The summed E-state index contributed by atoms with van der Waals surface area (Å²) in [6.07, 6.45) is -4.91. The second-order valence-electron chi connectivity index (χ2n) is 5.46. The summed E-state index contributed by atoms with van der Waals surface area (Å²) in [5, 5.41) is 3.26. The molecule has 0 aliphatic rings. The number of halogens is 3. The Morgan fingerprint density at radius 1 is 1.35 bits per heavy atom. The van der Waals surface area contributed by atoms with Gasteiger partial charge in [-0.25, -0.2) is 0 Å². The molecule has 0 saturated carbocycles. The third-order valence-electron chi connectivity index (χ3n) is 2.95. The minimum absolute atomic E-state index is 0.0250. The molecule has 116 valence electrons. The molecule has 0 radical (unpaired) electrons. The van der Waals surface area contributed by atoms with Gasteiger partial charge in [0.05, 0.1) is 19.5 Å². The summed E-state index contributed by atoms with van der Waals surface area (Å²) in [6.45, 7) is 7.03. The molecule has 0 unspecified atom stereocenters. The van der Waals surface area contributed by atoms with E-state index in [2.05, 4.69) is 5.32 Å². The van der Waals surface area contributed by atoms with E-state index < -0.39 is 12.6 Å². The number of alkyl halides is 3. The van der Waals surface area contributed by atoms with Gasteiger partial charge in [-0.2, -0.15) is 13.2 Å². The predicted octanol–water partition coefficient (Wildman–Crippen LogP) is 3.47. The van der Waals surface area contributed by atoms with E-state index in [4.69, 9.17) is 4.42 Å². The number of rotatable bonds is 7. The monoisotopic (exact) mass is 292 g/mol. The highest BCUT2D eigenvalue weighted by atomic mass is 19.4. The van der Waals surface area contributed by atoms with Crippen molar-refractivity contribution < 1.29 is 17.6 Å². The largest absolute Gasteiger partial charge is 0.463 e. The maximum atomic E-state index is 12.1. The summed E-state index contributed by atoms with van der Waals surface area (Å²) in [7, 11) is 1.66. The van der Waals surface area contributed by atoms with Crippen molar-refractivity contribution in [3.63, 3.8) is 0 Å². The van der Waals surface area contributed by atoms with Gasteiger partial charge < -0.3 is 9.73 Å². The molecule has 0 saturated heterocycles. The molecule has 0 aliphatic heterocycles. The first-order valence-corrected chi connectivity index (χ1v) is 6.74. The summed E-state index contributed by atoms with van der Waals surface area (Å²) < 4.78 is 42.1. The van der Waals surface area contributed by atoms with Gasteiger partial charge in [0, 0.05) is 12.6 Å². The molecule has 1 heterocycles. The molecule has 3 nitrogen and oxygen atoms in total. The average molecular weight is 292 g/mol. The van der Waals surface area contributed by atoms with Crippen molar-refractivity contribution in [2.24, 2.45) is 0 Å². The van der Waals surface area contributed by atoms with E-state index in [0.29, 0.717) is 24.9 Å². The lowest BCUT2D eigenvalue weighted by Crippen LogP contribution is -2.24. The zero-order valence-electron chi connectivity index (χ0n) is 12.5. The molecule has 1 aromatic heterocycles. The Balaban J connectivity index is 2.49. The fourth-order valence-corrected chi connectivity index (χ4v) is 1.80. The summed E-state index contributed by atoms with van der Waals surface area (Å²) >= 11 is 0. The van der Waals surface area contributed by atoms with Crippen molar-refractivity contribution in [3.8, 4) is 0 Å². The fraction of sp³-hybridized carbons (Fsp3) is 0.714. The first-order valence-electron chi connectivity index (χ1n) is 6.74. The van der Waals surface area contributed by atoms with Gasteiger partial charge in [0.1, 0.15) is 11.5 Å². The van der Waals surface area contributed by atoms with Gasteiger partial charge in [0.2, 0.25) is 0 Å². The molecule has 1 aromatic rings. The van der Waals surface area contributed by atoms with Crippen LogP contribution in [0.25, 0.3) is 0 Å². The molecule has 0 aromatic carbocycles. The first-order chi connectivity index (χ1) is 9.17. The molecule has 0 aliphatic carbocycles. The third-order valence-corrected chi connectivity index (χ3v) is 2.95. The van der Waals surface area contributed by atoms with Crippen molar-refractivity contribution in [2.45, 2.75) is 52.5 Å². The van der Waals surface area contributed by atoms with E-state index in [0.717, 1.165) is 11.3 Å². The molecule has 20 heavy (non-hydrogen) atoms. The van der Waals surface area contributed by atoms with Gasteiger partial charge in [-0.05, 0) is 25.6 Å². The van der Waals surface area contributed by atoms with Crippen LogP contribution in [-0.2, 0) is 13.1 Å². The summed E-state index contributed by atoms with van der Waals surface area (Å²) in [6, 6.07) is 2.25. The van der Waals surface area contributed by atoms with Crippen LogP contribution in [0.3, 0.4) is 0 Å². The van der Waals surface area contributed by atoms with Crippen LogP contribution < -0.4 is 5.32 Å². The van der Waals surface area contributed by atoms with Crippen LogP contribution in [-0.4, -0.2) is 30.7 Å². The lowest BCUT2D eigenvalue weighted by atomic mass is 10.2. The number of aryl methyl sites for hydroxylation is 1. The number of furan rings is 1. The second-order valence-corrected chi connectivity index (χ2v) is 5.46. The van der Waals surface area contributed by atoms with E-state index in [1.165, 1.54) is 0 Å². The maximum absolute atomic E-state index is 12.1. The smallest absolute Gasteiger partial charge is 0.390 e. The molecule has 0 spiro atoms. The Kier molecular flexibility index (Phi) is 6.07. The molecule has 0 atom stereocenters. The van der Waals surface area contributed by atoms with Crippen molar-refractivity contribution in [3.05, 3.63) is 23.2 Å². The highest BCUT2D eigenvalue weighted by Gasteiger charge is 2.27. The molecule has 0 amide bonds. The highest BCUT2D eigenvalue weighted by molar-refractivity contribution is 5.20. The molecular formula is C14H23F3N2O. The van der Waals surface area contributed by atoms with Crippen LogP contribution in [0.4, 0.5) is 13.2 Å². The minimum Gasteiger partial charge on any atom is -0.463 e. The third kappa shape index (κ3) is 6.43. The maximum Gasteiger partial charge on any atom is 0.390 e. The topological polar surface area (TPSA) is 28.4 Å². The molecule has 6 heteroatoms. The molecule has 0 fully saturated rings. The van der Waals surface area contributed by atoms with Crippen molar-refractivity contribution in [1.29, 1.82) is 0 Å². The summed E-state index contributed by atoms with van der Waals surface area (Å²) in [4.78, 5) is 1.62. The quantitative estimate of drug-likeness (QED) is 0.834. The van der Waals surface area contributed by atoms with Crippen LogP contribution >= 0.6 is 0 Å². The van der Waals surface area contributed by atoms with E-state index in [1.807, 2.05) is 26.8 Å². The molecule has 1 N–H and O–H groups in total. The minimum atomic E-state index is -4.11. The number of hydrogen-bond acceptors (Lipinski definition) is 3. The Morgan fingerprint density at radius 3 is 2.55 bits per heavy atom. The summed E-state index contributed by atoms with van der Waals surface area (Å²) in [5.41, 5.74) is 1.03. The van der Waals surface area contributed by atoms with Crippen LogP contribution in [0.15, 0.2) is 10.5 Å². The van der Waals surface area contributed by atoms with Crippen molar-refractivity contribution in [2.75, 3.05) is 13.6 Å². The first kappa shape index (κ1) is 17.0. The van der Waals surface area contributed by atoms with Crippen LogP contribution in [0.1, 0.15) is 37.4 Å². The standard InChI is InChI=1S/C14H23F3N2O/c1-10(2)18-8-13-11(3)7-12(20-13)9-19(4)6-5-14(15,16)17/h7,10,18H,5-6,8-9H2,1-4H3. The molecule has 1 rings (SSSR count). The number of hydrogen-bond donors (Lipinski definition) is 1. The Morgan fingerprint density at radius 2 is 2.00 bits per heavy atom. The Labute approximate surface area is 118 Å². The summed E-state index contributed by atoms with van der Waals surface area (Å²) in [5.74, 6) is 1.55. The lowest BCUT2D eigenvalue weighted by molar-refractivity contribution is -0.137. The van der Waals surface area contributed by atoms with E-state index in [9.17, 15) is 13.2 Å². The normalized spacial score (nSPS) is 12.7. The van der Waals surface area contributed by atoms with Gasteiger partial charge >= 0.3 is 6.18 Å². The van der Waals surface area contributed by atoms with Crippen LogP contribution in [0, 0.1) is 6.92 Å². The van der Waals surface area contributed by atoms with Crippen LogP contribution in [0.5, 0.6) is 0 Å². The molecular weight excluding hydrogens is 269 g/mol. The Hall–Kier alpha value is -1.01. The zero-order chi connectivity index (χ0) is 15.3. The van der Waals surface area contributed by atoms with Crippen molar-refractivity contribution >= 4 is 0 Å². The lowest BCUT2D eigenvalue weighted by Gasteiger charge is -2.16. The average Bonchev–Trinajstić information content (AvgIpc) is 2.63. The SMILES string of the molecule is Cc1cc(CN(C)CCC(F)(F)F)oc1CNC(C)C. The Bertz CT molecular complexity index is 413. The zero-order valence-corrected chi connectivity index (χ0v) is 12.5. The van der Waals surface area contributed by atoms with Gasteiger partial charge in [-0.15, -0.1) is 0 Å². The van der Waals surface area contributed by atoms with Gasteiger partial charge in [-0.1, -0.05) is 13.8 Å². The number of nitrogens with one attached hydrogen (secondary N) is 1. The van der Waals surface area contributed by atoms with E-state index in [1.54, 1.807) is 11.9 Å². The number of nitrogens with zero attached hydrogens (tertiary/aromatic N) is 1. The molecule has 0 bridgehead atoms. The van der Waals surface area contributed by atoms with E-state index in [-0.39, 0.29) is 6.54 Å². The highest BCUT2D eigenvalue weighted by Crippen LogP contribution is 2.21.